The Morgan fingerprint density at radius 2 is 1.86 bits per heavy atom. The van der Waals surface area contributed by atoms with E-state index in [9.17, 15) is 0 Å². The second-order valence-corrected chi connectivity index (χ2v) is 5.21. The number of para-hydroxylation sites is 2. The van der Waals surface area contributed by atoms with E-state index in [-0.39, 0.29) is 0 Å². The van der Waals surface area contributed by atoms with Crippen molar-refractivity contribution in [2.75, 3.05) is 5.73 Å². The number of hydrogen-bond acceptors (Lipinski definition) is 2. The molecule has 3 aromatic rings. The average Bonchev–Trinajstić information content (AvgIpc) is 2.81. The zero-order valence-corrected chi connectivity index (χ0v) is 12.2. The first-order valence-corrected chi connectivity index (χ1v) is 7.18. The van der Waals surface area contributed by atoms with Gasteiger partial charge in [0.05, 0.1) is 11.0 Å². The second kappa shape index (κ2) is 5.83. The smallest absolute Gasteiger partial charge is 0.201 e. The third kappa shape index (κ3) is 2.97. The van der Waals surface area contributed by atoms with Crippen molar-refractivity contribution in [3.8, 4) is 0 Å². The van der Waals surface area contributed by atoms with Gasteiger partial charge in [0.15, 0.2) is 0 Å². The third-order valence-corrected chi connectivity index (χ3v) is 3.59. The molecule has 106 valence electrons. The van der Waals surface area contributed by atoms with E-state index < -0.39 is 0 Å². The Kier molecular flexibility index (Phi) is 3.73. The summed E-state index contributed by atoms with van der Waals surface area (Å²) in [4.78, 5) is 4.38. The normalized spacial score (nSPS) is 11.5. The number of nitrogen functional groups attached to an aromatic ring is 1. The highest BCUT2D eigenvalue weighted by molar-refractivity contribution is 5.78. The number of benzene rings is 2. The maximum atomic E-state index is 5.99. The van der Waals surface area contributed by atoms with Crippen LogP contribution in [0.3, 0.4) is 0 Å². The molecule has 0 fully saturated rings. The van der Waals surface area contributed by atoms with Gasteiger partial charge in [0.2, 0.25) is 5.95 Å². The number of imidazole rings is 1. The molecule has 0 spiro atoms. The number of hydrogen-bond donors (Lipinski definition) is 1. The lowest BCUT2D eigenvalue weighted by atomic mass is 10.1. The van der Waals surface area contributed by atoms with E-state index in [4.69, 9.17) is 5.73 Å². The van der Waals surface area contributed by atoms with Crippen molar-refractivity contribution < 1.29 is 0 Å². The van der Waals surface area contributed by atoms with Crippen LogP contribution in [0.4, 0.5) is 5.95 Å². The SMILES string of the molecule is Cc1ccc(/C=C/CCn2c(N)nc3ccccc32)cc1. The molecule has 2 N–H and O–H groups in total. The van der Waals surface area contributed by atoms with Crippen LogP contribution in [0.25, 0.3) is 17.1 Å². The van der Waals surface area contributed by atoms with Gasteiger partial charge in [-0.1, -0.05) is 54.1 Å². The fourth-order valence-electron chi connectivity index (χ4n) is 2.43. The fourth-order valence-corrected chi connectivity index (χ4v) is 2.43. The highest BCUT2D eigenvalue weighted by atomic mass is 15.1. The Morgan fingerprint density at radius 3 is 2.67 bits per heavy atom. The first kappa shape index (κ1) is 13.4. The van der Waals surface area contributed by atoms with Crippen LogP contribution in [0, 0.1) is 6.92 Å². The van der Waals surface area contributed by atoms with Gasteiger partial charge < -0.3 is 10.3 Å². The van der Waals surface area contributed by atoms with Crippen LogP contribution >= 0.6 is 0 Å². The van der Waals surface area contributed by atoms with Crippen molar-refractivity contribution in [3.63, 3.8) is 0 Å². The highest BCUT2D eigenvalue weighted by Crippen LogP contribution is 2.17. The van der Waals surface area contributed by atoms with Crippen molar-refractivity contribution in [2.45, 2.75) is 19.9 Å². The minimum absolute atomic E-state index is 0.583. The van der Waals surface area contributed by atoms with Gasteiger partial charge >= 0.3 is 0 Å². The standard InChI is InChI=1S/C18H19N3/c1-14-9-11-15(12-10-14)6-4-5-13-21-17-8-3-2-7-16(17)20-18(21)19/h2-4,6-12H,5,13H2,1H3,(H2,19,20)/b6-4+. The maximum Gasteiger partial charge on any atom is 0.201 e. The monoisotopic (exact) mass is 277 g/mol. The quantitative estimate of drug-likeness (QED) is 0.782. The highest BCUT2D eigenvalue weighted by Gasteiger charge is 2.05. The van der Waals surface area contributed by atoms with Crippen molar-refractivity contribution >= 4 is 23.1 Å². The minimum Gasteiger partial charge on any atom is -0.369 e. The fraction of sp³-hybridized carbons (Fsp3) is 0.167. The van der Waals surface area contributed by atoms with Crippen LogP contribution in [-0.2, 0) is 6.54 Å². The molecule has 2 aromatic carbocycles. The summed E-state index contributed by atoms with van der Waals surface area (Å²) in [5.74, 6) is 0.583. The van der Waals surface area contributed by atoms with Gasteiger partial charge in [0.25, 0.3) is 0 Å². The van der Waals surface area contributed by atoms with Gasteiger partial charge in [0.1, 0.15) is 0 Å². The van der Waals surface area contributed by atoms with Crippen LogP contribution in [-0.4, -0.2) is 9.55 Å². The van der Waals surface area contributed by atoms with Gasteiger partial charge in [-0.25, -0.2) is 4.98 Å². The molecule has 0 unspecified atom stereocenters. The largest absolute Gasteiger partial charge is 0.369 e. The number of anilines is 1. The molecule has 0 aliphatic rings. The average molecular weight is 277 g/mol. The van der Waals surface area contributed by atoms with E-state index in [0.717, 1.165) is 24.0 Å². The summed E-state index contributed by atoms with van der Waals surface area (Å²) in [7, 11) is 0. The molecule has 0 atom stereocenters. The molecule has 3 nitrogen and oxygen atoms in total. The molecule has 3 heteroatoms. The van der Waals surface area contributed by atoms with Crippen LogP contribution in [0.2, 0.25) is 0 Å². The number of aromatic nitrogens is 2. The number of nitrogens with zero attached hydrogens (tertiary/aromatic N) is 2. The summed E-state index contributed by atoms with van der Waals surface area (Å²) >= 11 is 0. The molecule has 0 aliphatic heterocycles. The van der Waals surface area contributed by atoms with Crippen LogP contribution < -0.4 is 5.73 Å². The van der Waals surface area contributed by atoms with E-state index in [1.807, 2.05) is 18.2 Å². The zero-order chi connectivity index (χ0) is 14.7. The van der Waals surface area contributed by atoms with Crippen molar-refractivity contribution in [1.82, 2.24) is 9.55 Å². The minimum atomic E-state index is 0.583. The Morgan fingerprint density at radius 1 is 1.10 bits per heavy atom. The molecule has 0 saturated heterocycles. The molecule has 1 aromatic heterocycles. The summed E-state index contributed by atoms with van der Waals surface area (Å²) < 4.78 is 2.06. The van der Waals surface area contributed by atoms with Crippen molar-refractivity contribution in [3.05, 3.63) is 65.7 Å². The van der Waals surface area contributed by atoms with Gasteiger partial charge in [-0.2, -0.15) is 0 Å². The Bertz CT molecular complexity index is 767. The van der Waals surface area contributed by atoms with Gasteiger partial charge in [-0.05, 0) is 31.0 Å². The predicted molar refractivity (Wildman–Crippen MR) is 89.0 cm³/mol. The first-order chi connectivity index (χ1) is 10.2. The molecule has 0 amide bonds. The van der Waals surface area contributed by atoms with E-state index >= 15 is 0 Å². The zero-order valence-electron chi connectivity index (χ0n) is 12.2. The van der Waals surface area contributed by atoms with Crippen LogP contribution in [0.15, 0.2) is 54.6 Å². The molecule has 0 aliphatic carbocycles. The number of aryl methyl sites for hydroxylation is 2. The van der Waals surface area contributed by atoms with E-state index in [1.165, 1.54) is 11.1 Å². The molecule has 0 radical (unpaired) electrons. The summed E-state index contributed by atoms with van der Waals surface area (Å²) in [5, 5.41) is 0. The van der Waals surface area contributed by atoms with Gasteiger partial charge in [-0.3, -0.25) is 0 Å². The number of fused-ring (bicyclic) bond motifs is 1. The summed E-state index contributed by atoms with van der Waals surface area (Å²) in [6, 6.07) is 16.6. The molecular weight excluding hydrogens is 258 g/mol. The first-order valence-electron chi connectivity index (χ1n) is 7.18. The number of allylic oxidation sites excluding steroid dienone is 1. The van der Waals surface area contributed by atoms with E-state index in [1.54, 1.807) is 0 Å². The lowest BCUT2D eigenvalue weighted by molar-refractivity contribution is 0.743. The molecule has 21 heavy (non-hydrogen) atoms. The lowest BCUT2D eigenvalue weighted by Crippen LogP contribution is -2.02. The van der Waals surface area contributed by atoms with Crippen molar-refractivity contribution in [2.24, 2.45) is 0 Å². The Hall–Kier alpha value is -2.55. The van der Waals surface area contributed by atoms with Gasteiger partial charge in [-0.15, -0.1) is 0 Å². The molecule has 1 heterocycles. The van der Waals surface area contributed by atoms with E-state index in [0.29, 0.717) is 5.95 Å². The number of rotatable bonds is 4. The van der Waals surface area contributed by atoms with Crippen molar-refractivity contribution in [1.29, 1.82) is 0 Å². The molecule has 3 rings (SSSR count). The summed E-state index contributed by atoms with van der Waals surface area (Å²) in [6.45, 7) is 2.94. The lowest BCUT2D eigenvalue weighted by Gasteiger charge is -2.03. The second-order valence-electron chi connectivity index (χ2n) is 5.21. The van der Waals surface area contributed by atoms with E-state index in [2.05, 4.69) is 59.0 Å². The van der Waals surface area contributed by atoms with Crippen LogP contribution in [0.5, 0.6) is 0 Å². The Balaban J connectivity index is 1.69. The number of nitrogens with two attached hydrogens (primary N) is 1. The van der Waals surface area contributed by atoms with Gasteiger partial charge in [0, 0.05) is 6.54 Å². The Labute approximate surface area is 124 Å². The molecule has 0 bridgehead atoms. The molecular formula is C18H19N3. The maximum absolute atomic E-state index is 5.99. The predicted octanol–water partition coefficient (Wildman–Crippen LogP) is 4.03. The summed E-state index contributed by atoms with van der Waals surface area (Å²) in [6.07, 6.45) is 5.26. The topological polar surface area (TPSA) is 43.8 Å². The molecule has 0 saturated carbocycles. The summed E-state index contributed by atoms with van der Waals surface area (Å²) in [5.41, 5.74) is 10.6. The third-order valence-electron chi connectivity index (χ3n) is 3.59. The van der Waals surface area contributed by atoms with Crippen LogP contribution in [0.1, 0.15) is 17.5 Å².